The predicted molar refractivity (Wildman–Crippen MR) is 63.5 cm³/mol. The zero-order valence-corrected chi connectivity index (χ0v) is 9.78. The van der Waals surface area contributed by atoms with Gasteiger partial charge in [-0.15, -0.1) is 0 Å². The molecule has 1 aliphatic heterocycles. The fourth-order valence-electron chi connectivity index (χ4n) is 2.24. The molecule has 0 saturated carbocycles. The first-order valence-corrected chi connectivity index (χ1v) is 6.02. The third-order valence-electron chi connectivity index (χ3n) is 3.10. The van der Waals surface area contributed by atoms with Crippen molar-refractivity contribution in [3.8, 4) is 0 Å². The molecule has 1 N–H and O–H groups in total. The largest absolute Gasteiger partial charge is 0.347 e. The summed E-state index contributed by atoms with van der Waals surface area (Å²) in [4.78, 5) is 15.3. The van der Waals surface area contributed by atoms with E-state index in [-0.39, 0.29) is 5.69 Å². The molecule has 1 unspecified atom stereocenters. The average Bonchev–Trinajstić information content (AvgIpc) is 2.76. The van der Waals surface area contributed by atoms with Crippen LogP contribution in [0.4, 0.5) is 0 Å². The van der Waals surface area contributed by atoms with E-state index in [4.69, 9.17) is 0 Å². The highest BCUT2D eigenvalue weighted by Crippen LogP contribution is 2.10. The summed E-state index contributed by atoms with van der Waals surface area (Å²) in [6.45, 7) is 3.89. The first-order chi connectivity index (χ1) is 7.75. The number of aromatic nitrogens is 2. The van der Waals surface area contributed by atoms with Crippen LogP contribution in [0.1, 0.15) is 31.2 Å². The van der Waals surface area contributed by atoms with Crippen LogP contribution in [-0.2, 0) is 6.54 Å². The molecule has 16 heavy (non-hydrogen) atoms. The Balaban J connectivity index is 1.84. The van der Waals surface area contributed by atoms with Crippen molar-refractivity contribution in [3.63, 3.8) is 0 Å². The van der Waals surface area contributed by atoms with Gasteiger partial charge in [0, 0.05) is 25.0 Å². The van der Waals surface area contributed by atoms with Gasteiger partial charge in [0.1, 0.15) is 0 Å². The lowest BCUT2D eigenvalue weighted by molar-refractivity contribution is 0.493. The van der Waals surface area contributed by atoms with Gasteiger partial charge in [-0.1, -0.05) is 0 Å². The van der Waals surface area contributed by atoms with Crippen molar-refractivity contribution in [3.05, 3.63) is 28.4 Å². The van der Waals surface area contributed by atoms with Crippen LogP contribution in [0, 0.1) is 6.92 Å². The lowest BCUT2D eigenvalue weighted by atomic mass is 10.1. The summed E-state index contributed by atoms with van der Waals surface area (Å²) in [7, 11) is 0. The van der Waals surface area contributed by atoms with Crippen LogP contribution in [0.25, 0.3) is 0 Å². The molecule has 1 fully saturated rings. The highest BCUT2D eigenvalue weighted by atomic mass is 16.1. The normalized spacial score (nSPS) is 20.2. The molecule has 2 rings (SSSR count). The molecule has 0 aliphatic carbocycles. The maximum atomic E-state index is 11.4. The first-order valence-electron chi connectivity index (χ1n) is 6.02. The lowest BCUT2D eigenvalue weighted by Crippen LogP contribution is -2.25. The number of hydrogen-bond acceptors (Lipinski definition) is 3. The third-order valence-corrected chi connectivity index (χ3v) is 3.10. The third kappa shape index (κ3) is 2.92. The van der Waals surface area contributed by atoms with Crippen molar-refractivity contribution >= 4 is 0 Å². The molecule has 1 aromatic heterocycles. The number of nitrogens with one attached hydrogen (secondary N) is 1. The highest BCUT2D eigenvalue weighted by molar-refractivity contribution is 4.99. The van der Waals surface area contributed by atoms with E-state index in [0.29, 0.717) is 6.04 Å². The smallest absolute Gasteiger partial charge is 0.314 e. The van der Waals surface area contributed by atoms with E-state index in [9.17, 15) is 4.79 Å². The van der Waals surface area contributed by atoms with Crippen molar-refractivity contribution < 1.29 is 0 Å². The molecule has 1 atom stereocenters. The van der Waals surface area contributed by atoms with E-state index in [2.05, 4.69) is 10.3 Å². The van der Waals surface area contributed by atoms with E-state index in [1.165, 1.54) is 12.8 Å². The second kappa shape index (κ2) is 5.25. The van der Waals surface area contributed by atoms with E-state index >= 15 is 0 Å². The van der Waals surface area contributed by atoms with Crippen LogP contribution in [0.3, 0.4) is 0 Å². The molecular weight excluding hydrogens is 202 g/mol. The van der Waals surface area contributed by atoms with Crippen LogP contribution in [-0.4, -0.2) is 22.1 Å². The molecule has 88 valence electrons. The number of hydrogen-bond donors (Lipinski definition) is 1. The molecule has 1 saturated heterocycles. The zero-order chi connectivity index (χ0) is 11.4. The number of aryl methyl sites for hydroxylation is 2. The summed E-state index contributed by atoms with van der Waals surface area (Å²) in [5.74, 6) is 0. The van der Waals surface area contributed by atoms with Gasteiger partial charge in [0.25, 0.3) is 0 Å². The molecule has 1 aromatic rings. The molecule has 0 amide bonds. The second-order valence-corrected chi connectivity index (χ2v) is 4.54. The van der Waals surface area contributed by atoms with Crippen molar-refractivity contribution in [1.29, 1.82) is 0 Å². The van der Waals surface area contributed by atoms with E-state index in [1.807, 2.05) is 13.1 Å². The standard InChI is InChI=1S/C12H19N3O/c1-10-8-14-12(16)15(9-10)7-3-5-11-4-2-6-13-11/h8-9,11,13H,2-7H2,1H3. The van der Waals surface area contributed by atoms with Gasteiger partial charge in [-0.05, 0) is 44.7 Å². The Labute approximate surface area is 95.7 Å². The molecule has 0 radical (unpaired) electrons. The second-order valence-electron chi connectivity index (χ2n) is 4.54. The topological polar surface area (TPSA) is 46.9 Å². The molecule has 1 aliphatic rings. The van der Waals surface area contributed by atoms with Crippen LogP contribution in [0.2, 0.25) is 0 Å². The highest BCUT2D eigenvalue weighted by Gasteiger charge is 2.12. The molecule has 4 nitrogen and oxygen atoms in total. The molecule has 0 bridgehead atoms. The van der Waals surface area contributed by atoms with Gasteiger partial charge in [-0.3, -0.25) is 4.57 Å². The molecule has 2 heterocycles. The Hall–Kier alpha value is -1.16. The van der Waals surface area contributed by atoms with Gasteiger partial charge in [0.2, 0.25) is 0 Å². The minimum atomic E-state index is -0.134. The van der Waals surface area contributed by atoms with Gasteiger partial charge in [0.15, 0.2) is 0 Å². The SMILES string of the molecule is Cc1cnc(=O)n(CCCC2CCCN2)c1. The summed E-state index contributed by atoms with van der Waals surface area (Å²) < 4.78 is 1.71. The van der Waals surface area contributed by atoms with E-state index in [0.717, 1.165) is 31.5 Å². The molecule has 4 heteroatoms. The van der Waals surface area contributed by atoms with Gasteiger partial charge >= 0.3 is 5.69 Å². The lowest BCUT2D eigenvalue weighted by Gasteiger charge is -2.10. The molecule has 0 aromatic carbocycles. The summed E-state index contributed by atoms with van der Waals surface area (Å²) in [6, 6.07) is 0.661. The molecule has 0 spiro atoms. The first kappa shape index (κ1) is 11.3. The average molecular weight is 221 g/mol. The fourth-order valence-corrected chi connectivity index (χ4v) is 2.24. The summed E-state index contributed by atoms with van der Waals surface area (Å²) >= 11 is 0. The van der Waals surface area contributed by atoms with Gasteiger partial charge in [-0.25, -0.2) is 9.78 Å². The van der Waals surface area contributed by atoms with Crippen molar-refractivity contribution in [2.24, 2.45) is 0 Å². The summed E-state index contributed by atoms with van der Waals surface area (Å²) in [6.07, 6.45) is 8.27. The van der Waals surface area contributed by atoms with Gasteiger partial charge in [-0.2, -0.15) is 0 Å². The summed E-state index contributed by atoms with van der Waals surface area (Å²) in [5, 5.41) is 3.47. The van der Waals surface area contributed by atoms with Crippen molar-refractivity contribution in [2.75, 3.05) is 6.54 Å². The van der Waals surface area contributed by atoms with Crippen molar-refractivity contribution in [1.82, 2.24) is 14.9 Å². The summed E-state index contributed by atoms with van der Waals surface area (Å²) in [5.41, 5.74) is 0.906. The van der Waals surface area contributed by atoms with E-state index < -0.39 is 0 Å². The van der Waals surface area contributed by atoms with Gasteiger partial charge < -0.3 is 5.32 Å². The number of nitrogens with zero attached hydrogens (tertiary/aromatic N) is 2. The van der Waals surface area contributed by atoms with Crippen LogP contribution >= 0.6 is 0 Å². The van der Waals surface area contributed by atoms with Gasteiger partial charge in [0.05, 0.1) is 0 Å². The fraction of sp³-hybridized carbons (Fsp3) is 0.667. The van der Waals surface area contributed by atoms with Crippen LogP contribution in [0.5, 0.6) is 0 Å². The Bertz CT molecular complexity index is 393. The van der Waals surface area contributed by atoms with E-state index in [1.54, 1.807) is 10.8 Å². The Morgan fingerprint density at radius 2 is 2.50 bits per heavy atom. The predicted octanol–water partition coefficient (Wildman–Crippen LogP) is 1.08. The van der Waals surface area contributed by atoms with Crippen LogP contribution < -0.4 is 11.0 Å². The quantitative estimate of drug-likeness (QED) is 0.827. The maximum absolute atomic E-state index is 11.4. The van der Waals surface area contributed by atoms with Crippen LogP contribution in [0.15, 0.2) is 17.2 Å². The molecular formula is C12H19N3O. The minimum Gasteiger partial charge on any atom is -0.314 e. The maximum Gasteiger partial charge on any atom is 0.347 e. The van der Waals surface area contributed by atoms with Crippen molar-refractivity contribution in [2.45, 2.75) is 45.2 Å². The Morgan fingerprint density at radius 3 is 3.25 bits per heavy atom. The number of rotatable bonds is 4. The zero-order valence-electron chi connectivity index (χ0n) is 9.78. The monoisotopic (exact) mass is 221 g/mol. The minimum absolute atomic E-state index is 0.134. The Morgan fingerprint density at radius 1 is 1.62 bits per heavy atom. The Kier molecular flexibility index (Phi) is 3.72.